The first-order valence-electron chi connectivity index (χ1n) is 5.17. The van der Waals surface area contributed by atoms with Crippen molar-refractivity contribution in [1.82, 2.24) is 0 Å². The number of rotatable bonds is 3. The average Bonchev–Trinajstić information content (AvgIpc) is 2.25. The van der Waals surface area contributed by atoms with Gasteiger partial charge in [0.25, 0.3) is 0 Å². The second-order valence-electron chi connectivity index (χ2n) is 4.64. The van der Waals surface area contributed by atoms with Gasteiger partial charge in [0.15, 0.2) is 0 Å². The highest BCUT2D eigenvalue weighted by Crippen LogP contribution is 2.15. The van der Waals surface area contributed by atoms with E-state index in [0.29, 0.717) is 0 Å². The summed E-state index contributed by atoms with van der Waals surface area (Å²) >= 11 is 0. The van der Waals surface area contributed by atoms with Crippen LogP contribution in [-0.4, -0.2) is 11.8 Å². The van der Waals surface area contributed by atoms with E-state index in [4.69, 9.17) is 4.74 Å². The lowest BCUT2D eigenvalue weighted by molar-refractivity contribution is -0.158. The van der Waals surface area contributed by atoms with Gasteiger partial charge < -0.3 is 4.74 Å². The van der Waals surface area contributed by atoms with Crippen LogP contribution < -0.4 is 0 Å². The van der Waals surface area contributed by atoms with Gasteiger partial charge in [-0.05, 0) is 5.56 Å². The van der Waals surface area contributed by atoms with Crippen LogP contribution in [0.2, 0.25) is 0 Å². The van der Waals surface area contributed by atoms with E-state index >= 15 is 0 Å². The molecule has 3 nitrogen and oxygen atoms in total. The molecule has 0 saturated heterocycles. The maximum atomic E-state index is 11.5. The van der Waals surface area contributed by atoms with E-state index in [1.807, 2.05) is 30.3 Å². The van der Waals surface area contributed by atoms with Crippen LogP contribution in [0.1, 0.15) is 26.3 Å². The number of Topliss-reactive ketones (excluding diaryl/α,β-unsaturated/α-hetero) is 1. The van der Waals surface area contributed by atoms with Crippen LogP contribution in [0.4, 0.5) is 0 Å². The molecule has 16 heavy (non-hydrogen) atoms. The molecule has 0 amide bonds. The summed E-state index contributed by atoms with van der Waals surface area (Å²) < 4.78 is 4.93. The van der Waals surface area contributed by atoms with Crippen molar-refractivity contribution >= 4 is 11.8 Å². The highest BCUT2D eigenvalue weighted by Gasteiger charge is 2.29. The lowest BCUT2D eigenvalue weighted by atomic mass is 9.91. The van der Waals surface area contributed by atoms with Crippen LogP contribution in [0, 0.1) is 5.41 Å². The molecule has 0 fully saturated rings. The predicted octanol–water partition coefficient (Wildman–Crippen LogP) is 2.35. The van der Waals surface area contributed by atoms with Crippen LogP contribution in [-0.2, 0) is 20.9 Å². The Labute approximate surface area is 95.4 Å². The SMILES string of the molecule is CC(C)(C)C(=O)C(=O)OCc1ccccc1. The van der Waals surface area contributed by atoms with Crippen LogP contribution in [0.5, 0.6) is 0 Å². The molecule has 0 bridgehead atoms. The molecule has 1 aromatic carbocycles. The molecule has 0 aliphatic heterocycles. The van der Waals surface area contributed by atoms with Gasteiger partial charge >= 0.3 is 5.97 Å². The standard InChI is InChI=1S/C13H16O3/c1-13(2,3)11(14)12(15)16-9-10-7-5-4-6-8-10/h4-8H,9H2,1-3H3. The molecule has 0 heterocycles. The Balaban J connectivity index is 2.51. The molecule has 0 aliphatic carbocycles. The number of carbonyl (C=O) groups excluding carboxylic acids is 2. The Morgan fingerprint density at radius 3 is 2.19 bits per heavy atom. The molecule has 0 radical (unpaired) electrons. The Morgan fingerprint density at radius 1 is 1.12 bits per heavy atom. The quantitative estimate of drug-likeness (QED) is 0.580. The fraction of sp³-hybridized carbons (Fsp3) is 0.385. The van der Waals surface area contributed by atoms with Crippen molar-refractivity contribution in [1.29, 1.82) is 0 Å². The second-order valence-corrected chi connectivity index (χ2v) is 4.64. The van der Waals surface area contributed by atoms with E-state index in [-0.39, 0.29) is 6.61 Å². The first-order chi connectivity index (χ1) is 7.41. The summed E-state index contributed by atoms with van der Waals surface area (Å²) in [5.41, 5.74) is 0.186. The van der Waals surface area contributed by atoms with Gasteiger partial charge in [0, 0.05) is 5.41 Å². The highest BCUT2D eigenvalue weighted by atomic mass is 16.5. The number of hydrogen-bond donors (Lipinski definition) is 0. The van der Waals surface area contributed by atoms with Gasteiger partial charge in [-0.3, -0.25) is 4.79 Å². The molecule has 0 saturated carbocycles. The number of hydrogen-bond acceptors (Lipinski definition) is 3. The van der Waals surface area contributed by atoms with Gasteiger partial charge in [-0.1, -0.05) is 51.1 Å². The Kier molecular flexibility index (Phi) is 3.82. The van der Waals surface area contributed by atoms with Crippen LogP contribution in [0.25, 0.3) is 0 Å². The summed E-state index contributed by atoms with van der Waals surface area (Å²) in [5.74, 6) is -1.26. The number of benzene rings is 1. The molecule has 1 rings (SSSR count). The van der Waals surface area contributed by atoms with Crippen LogP contribution >= 0.6 is 0 Å². The maximum Gasteiger partial charge on any atom is 0.375 e. The molecule has 0 atom stereocenters. The second kappa shape index (κ2) is 4.92. The fourth-order valence-electron chi connectivity index (χ4n) is 1.09. The third kappa shape index (κ3) is 3.50. The van der Waals surface area contributed by atoms with E-state index in [2.05, 4.69) is 0 Å². The van der Waals surface area contributed by atoms with Gasteiger partial charge in [-0.2, -0.15) is 0 Å². The van der Waals surface area contributed by atoms with E-state index in [1.165, 1.54) is 0 Å². The zero-order valence-corrected chi connectivity index (χ0v) is 9.82. The molecule has 0 aromatic heterocycles. The van der Waals surface area contributed by atoms with Crippen molar-refractivity contribution in [2.45, 2.75) is 27.4 Å². The van der Waals surface area contributed by atoms with Gasteiger partial charge in [0.1, 0.15) is 6.61 Å². The lowest BCUT2D eigenvalue weighted by Crippen LogP contribution is -2.30. The summed E-state index contributed by atoms with van der Waals surface area (Å²) in [5, 5.41) is 0. The minimum atomic E-state index is -0.767. The molecule has 0 spiro atoms. The minimum Gasteiger partial charge on any atom is -0.455 e. The lowest BCUT2D eigenvalue weighted by Gasteiger charge is -2.14. The topological polar surface area (TPSA) is 43.4 Å². The summed E-state index contributed by atoms with van der Waals surface area (Å²) in [7, 11) is 0. The molecule has 3 heteroatoms. The Bertz CT molecular complexity index is 374. The van der Waals surface area contributed by atoms with Gasteiger partial charge in [0.2, 0.25) is 5.78 Å². The number of carbonyl (C=O) groups is 2. The van der Waals surface area contributed by atoms with Crippen molar-refractivity contribution in [2.75, 3.05) is 0 Å². The summed E-state index contributed by atoms with van der Waals surface area (Å²) in [4.78, 5) is 22.9. The van der Waals surface area contributed by atoms with E-state index in [1.54, 1.807) is 20.8 Å². The van der Waals surface area contributed by atoms with Crippen molar-refractivity contribution in [2.24, 2.45) is 5.41 Å². The van der Waals surface area contributed by atoms with Crippen molar-refractivity contribution in [3.8, 4) is 0 Å². The number of ketones is 1. The largest absolute Gasteiger partial charge is 0.455 e. The smallest absolute Gasteiger partial charge is 0.375 e. The summed E-state index contributed by atoms with van der Waals surface area (Å²) in [6.45, 7) is 5.22. The molecular formula is C13H16O3. The minimum absolute atomic E-state index is 0.140. The highest BCUT2D eigenvalue weighted by molar-refractivity contribution is 6.35. The van der Waals surface area contributed by atoms with Gasteiger partial charge in [0.05, 0.1) is 0 Å². The Morgan fingerprint density at radius 2 is 1.69 bits per heavy atom. The van der Waals surface area contributed by atoms with E-state index < -0.39 is 17.2 Å². The number of ether oxygens (including phenoxy) is 1. The summed E-state index contributed by atoms with van der Waals surface area (Å²) in [6.07, 6.45) is 0. The molecule has 1 aromatic rings. The third-order valence-corrected chi connectivity index (χ3v) is 2.08. The molecule has 0 aliphatic rings. The maximum absolute atomic E-state index is 11.5. The fourth-order valence-corrected chi connectivity index (χ4v) is 1.09. The van der Waals surface area contributed by atoms with Crippen molar-refractivity contribution < 1.29 is 14.3 Å². The van der Waals surface area contributed by atoms with Gasteiger partial charge in [-0.25, -0.2) is 4.79 Å². The monoisotopic (exact) mass is 220 g/mol. The van der Waals surface area contributed by atoms with Crippen LogP contribution in [0.15, 0.2) is 30.3 Å². The van der Waals surface area contributed by atoms with Crippen molar-refractivity contribution in [3.05, 3.63) is 35.9 Å². The first kappa shape index (κ1) is 12.4. The molecule has 86 valence electrons. The zero-order chi connectivity index (χ0) is 12.2. The van der Waals surface area contributed by atoms with E-state index in [0.717, 1.165) is 5.56 Å². The Hall–Kier alpha value is -1.64. The third-order valence-electron chi connectivity index (χ3n) is 2.08. The molecule has 0 unspecified atom stereocenters. The predicted molar refractivity (Wildman–Crippen MR) is 60.7 cm³/mol. The molecular weight excluding hydrogens is 204 g/mol. The van der Waals surface area contributed by atoms with Crippen molar-refractivity contribution in [3.63, 3.8) is 0 Å². The zero-order valence-electron chi connectivity index (χ0n) is 9.82. The van der Waals surface area contributed by atoms with Gasteiger partial charge in [-0.15, -0.1) is 0 Å². The van der Waals surface area contributed by atoms with Crippen LogP contribution in [0.3, 0.4) is 0 Å². The normalized spacial score (nSPS) is 10.9. The number of esters is 1. The first-order valence-corrected chi connectivity index (χ1v) is 5.17. The average molecular weight is 220 g/mol. The molecule has 0 N–H and O–H groups in total. The summed E-state index contributed by atoms with van der Waals surface area (Å²) in [6, 6.07) is 9.28. The van der Waals surface area contributed by atoms with E-state index in [9.17, 15) is 9.59 Å².